The first kappa shape index (κ1) is 19.5. The van der Waals surface area contributed by atoms with Gasteiger partial charge in [-0.3, -0.25) is 4.68 Å². The molecule has 31 heavy (non-hydrogen) atoms. The van der Waals surface area contributed by atoms with E-state index >= 15 is 0 Å². The number of anilines is 1. The van der Waals surface area contributed by atoms with Crippen molar-refractivity contribution in [2.75, 3.05) is 25.1 Å². The third kappa shape index (κ3) is 3.61. The predicted molar refractivity (Wildman–Crippen MR) is 121 cm³/mol. The SMILES string of the molecule is COc1cc2ncnc(-c3cn(C)nc3-c3ccccc3)c2cc1N1CCC[C@@H](O)C1. The van der Waals surface area contributed by atoms with Crippen LogP contribution >= 0.6 is 0 Å². The van der Waals surface area contributed by atoms with Gasteiger partial charge in [-0.2, -0.15) is 5.10 Å². The fraction of sp³-hybridized carbons (Fsp3) is 0.292. The van der Waals surface area contributed by atoms with Crippen LogP contribution in [-0.2, 0) is 7.05 Å². The van der Waals surface area contributed by atoms with Crippen LogP contribution in [0, 0.1) is 0 Å². The maximum atomic E-state index is 10.2. The van der Waals surface area contributed by atoms with Crippen LogP contribution in [0.4, 0.5) is 5.69 Å². The second kappa shape index (κ2) is 8.00. The Labute approximate surface area is 180 Å². The topological polar surface area (TPSA) is 76.3 Å². The Balaban J connectivity index is 1.70. The third-order valence-electron chi connectivity index (χ3n) is 5.80. The molecule has 2 aromatic carbocycles. The molecule has 0 spiro atoms. The average molecular weight is 415 g/mol. The normalized spacial score (nSPS) is 16.6. The molecule has 0 bridgehead atoms. The van der Waals surface area contributed by atoms with Gasteiger partial charge >= 0.3 is 0 Å². The van der Waals surface area contributed by atoms with E-state index in [1.165, 1.54) is 0 Å². The van der Waals surface area contributed by atoms with Gasteiger partial charge in [-0.25, -0.2) is 9.97 Å². The highest BCUT2D eigenvalue weighted by atomic mass is 16.5. The van der Waals surface area contributed by atoms with Gasteiger partial charge in [-0.15, -0.1) is 0 Å². The average Bonchev–Trinajstić information content (AvgIpc) is 3.19. The highest BCUT2D eigenvalue weighted by Crippen LogP contribution is 2.39. The second-order valence-electron chi connectivity index (χ2n) is 7.94. The van der Waals surface area contributed by atoms with E-state index in [0.717, 1.165) is 64.2 Å². The van der Waals surface area contributed by atoms with Crippen molar-refractivity contribution in [2.24, 2.45) is 7.05 Å². The fourth-order valence-corrected chi connectivity index (χ4v) is 4.34. The van der Waals surface area contributed by atoms with E-state index in [-0.39, 0.29) is 6.10 Å². The molecule has 0 radical (unpaired) electrons. The van der Waals surface area contributed by atoms with Crippen LogP contribution in [0.5, 0.6) is 5.75 Å². The maximum Gasteiger partial charge on any atom is 0.144 e. The minimum atomic E-state index is -0.330. The summed E-state index contributed by atoms with van der Waals surface area (Å²) >= 11 is 0. The van der Waals surface area contributed by atoms with Gasteiger partial charge in [0.2, 0.25) is 0 Å². The van der Waals surface area contributed by atoms with Gasteiger partial charge in [-0.1, -0.05) is 30.3 Å². The molecule has 1 atom stereocenters. The number of β-amino-alcohol motifs (C(OH)–C–C–N with tert-alkyl or cyclic N) is 1. The zero-order valence-electron chi connectivity index (χ0n) is 17.7. The Morgan fingerprint density at radius 2 is 1.94 bits per heavy atom. The summed E-state index contributed by atoms with van der Waals surface area (Å²) in [6.45, 7) is 1.47. The van der Waals surface area contributed by atoms with Crippen LogP contribution in [0.25, 0.3) is 33.4 Å². The number of nitrogens with zero attached hydrogens (tertiary/aromatic N) is 5. The summed E-state index contributed by atoms with van der Waals surface area (Å²) in [6.07, 6.45) is 5.03. The first-order valence-corrected chi connectivity index (χ1v) is 10.5. The minimum absolute atomic E-state index is 0.330. The minimum Gasteiger partial charge on any atom is -0.495 e. The molecule has 0 unspecified atom stereocenters. The van der Waals surface area contributed by atoms with E-state index in [9.17, 15) is 5.11 Å². The van der Waals surface area contributed by atoms with Crippen molar-refractivity contribution in [3.63, 3.8) is 0 Å². The van der Waals surface area contributed by atoms with Gasteiger partial charge in [0.25, 0.3) is 0 Å². The summed E-state index contributed by atoms with van der Waals surface area (Å²) in [5.74, 6) is 0.751. The van der Waals surface area contributed by atoms with Crippen LogP contribution in [0.1, 0.15) is 12.8 Å². The van der Waals surface area contributed by atoms with E-state index in [4.69, 9.17) is 9.84 Å². The lowest BCUT2D eigenvalue weighted by Gasteiger charge is -2.33. The van der Waals surface area contributed by atoms with Gasteiger partial charge in [-0.05, 0) is 18.9 Å². The molecule has 158 valence electrons. The summed E-state index contributed by atoms with van der Waals surface area (Å²) in [7, 11) is 3.59. The van der Waals surface area contributed by atoms with Crippen LogP contribution in [0.15, 0.2) is 55.0 Å². The summed E-state index contributed by atoms with van der Waals surface area (Å²) < 4.78 is 7.50. The number of piperidine rings is 1. The van der Waals surface area contributed by atoms with Crippen molar-refractivity contribution in [1.29, 1.82) is 0 Å². The molecule has 2 aromatic heterocycles. The van der Waals surface area contributed by atoms with Crippen molar-refractivity contribution in [3.05, 3.63) is 55.0 Å². The van der Waals surface area contributed by atoms with Crippen LogP contribution < -0.4 is 9.64 Å². The summed E-state index contributed by atoms with van der Waals surface area (Å²) in [4.78, 5) is 11.3. The number of fused-ring (bicyclic) bond motifs is 1. The number of methoxy groups -OCH3 is 1. The van der Waals surface area contributed by atoms with Crippen molar-refractivity contribution < 1.29 is 9.84 Å². The molecule has 5 rings (SSSR count). The highest BCUT2D eigenvalue weighted by Gasteiger charge is 2.23. The molecule has 1 fully saturated rings. The second-order valence-corrected chi connectivity index (χ2v) is 7.94. The number of rotatable bonds is 4. The Hall–Kier alpha value is -3.45. The summed E-state index contributed by atoms with van der Waals surface area (Å²) in [5, 5.41) is 15.8. The Bertz CT molecular complexity index is 1220. The van der Waals surface area contributed by atoms with E-state index in [0.29, 0.717) is 6.54 Å². The lowest BCUT2D eigenvalue weighted by Crippen LogP contribution is -2.38. The molecule has 0 aliphatic carbocycles. The predicted octanol–water partition coefficient (Wildman–Crippen LogP) is 3.67. The van der Waals surface area contributed by atoms with E-state index < -0.39 is 0 Å². The van der Waals surface area contributed by atoms with Crippen LogP contribution in [0.2, 0.25) is 0 Å². The number of aromatic nitrogens is 4. The number of ether oxygens (including phenoxy) is 1. The first-order chi connectivity index (χ1) is 15.1. The van der Waals surface area contributed by atoms with E-state index in [1.807, 2.05) is 42.2 Å². The monoisotopic (exact) mass is 415 g/mol. The van der Waals surface area contributed by atoms with Gasteiger partial charge < -0.3 is 14.7 Å². The molecule has 0 amide bonds. The van der Waals surface area contributed by atoms with Gasteiger partial charge in [0.15, 0.2) is 0 Å². The van der Waals surface area contributed by atoms with Crippen LogP contribution in [-0.4, -0.2) is 51.2 Å². The van der Waals surface area contributed by atoms with Crippen LogP contribution in [0.3, 0.4) is 0 Å². The van der Waals surface area contributed by atoms with Gasteiger partial charge in [0, 0.05) is 48.9 Å². The Morgan fingerprint density at radius 1 is 1.10 bits per heavy atom. The molecule has 1 aliphatic heterocycles. The molecule has 1 saturated heterocycles. The summed E-state index contributed by atoms with van der Waals surface area (Å²) in [6, 6.07) is 14.2. The maximum absolute atomic E-state index is 10.2. The molecule has 1 aliphatic rings. The number of benzene rings is 2. The van der Waals surface area contributed by atoms with Crippen molar-refractivity contribution >= 4 is 16.6 Å². The number of aryl methyl sites for hydroxylation is 1. The number of hydrogen-bond acceptors (Lipinski definition) is 6. The molecule has 4 aromatic rings. The lowest BCUT2D eigenvalue weighted by molar-refractivity contribution is 0.154. The summed E-state index contributed by atoms with van der Waals surface area (Å²) in [5.41, 5.74) is 5.47. The Kier molecular flexibility index (Phi) is 5.03. The molecular weight excluding hydrogens is 390 g/mol. The molecule has 1 N–H and O–H groups in total. The van der Waals surface area contributed by atoms with E-state index in [2.05, 4.69) is 33.1 Å². The zero-order chi connectivity index (χ0) is 21.4. The number of aliphatic hydroxyl groups excluding tert-OH is 1. The van der Waals surface area contributed by atoms with Crippen molar-refractivity contribution in [1.82, 2.24) is 19.7 Å². The van der Waals surface area contributed by atoms with Gasteiger partial charge in [0.1, 0.15) is 17.8 Å². The van der Waals surface area contributed by atoms with E-state index in [1.54, 1.807) is 13.4 Å². The smallest absolute Gasteiger partial charge is 0.144 e. The fourth-order valence-electron chi connectivity index (χ4n) is 4.34. The highest BCUT2D eigenvalue weighted by molar-refractivity contribution is 5.98. The molecule has 7 nitrogen and oxygen atoms in total. The number of hydrogen-bond donors (Lipinski definition) is 1. The zero-order valence-corrected chi connectivity index (χ0v) is 17.7. The largest absolute Gasteiger partial charge is 0.495 e. The molecule has 0 saturated carbocycles. The molecule has 3 heterocycles. The molecule has 7 heteroatoms. The molecular formula is C24H25N5O2. The third-order valence-corrected chi connectivity index (χ3v) is 5.80. The first-order valence-electron chi connectivity index (χ1n) is 10.5. The number of aliphatic hydroxyl groups is 1. The standard InChI is InChI=1S/C24H25N5O2/c1-28-14-19(23(27-28)16-7-4-3-5-8-16)24-18-11-21(29-10-6-9-17(30)13-29)22(31-2)12-20(18)25-15-26-24/h3-5,7-8,11-12,14-15,17,30H,6,9-10,13H2,1-2H3/t17-/m1/s1. The lowest BCUT2D eigenvalue weighted by atomic mass is 10.0. The van der Waals surface area contributed by atoms with Gasteiger partial charge in [0.05, 0.1) is 30.1 Å². The van der Waals surface area contributed by atoms with Crippen molar-refractivity contribution in [3.8, 4) is 28.3 Å². The quantitative estimate of drug-likeness (QED) is 0.548. The van der Waals surface area contributed by atoms with Crippen molar-refractivity contribution in [2.45, 2.75) is 18.9 Å². The Morgan fingerprint density at radius 3 is 2.71 bits per heavy atom.